The Morgan fingerprint density at radius 3 is 2.58 bits per heavy atom. The van der Waals surface area contributed by atoms with Gasteiger partial charge in [-0.2, -0.15) is 0 Å². The van der Waals surface area contributed by atoms with Crippen LogP contribution in [0.25, 0.3) is 11.3 Å². The smallest absolute Gasteiger partial charge is 0.133 e. The molecule has 1 heterocycles. The maximum absolute atomic E-state index is 5.42. The van der Waals surface area contributed by atoms with Crippen molar-refractivity contribution < 1.29 is 0 Å². The van der Waals surface area contributed by atoms with Crippen LogP contribution in [-0.2, 0) is 0 Å². The standard InChI is InChI=1S/C16H18N2S/c1-9-5-4-6-13(10(9)2)14-11(3)16(19)18-15(17-14)12-7-8-12/h4-6,12H,7-8H2,1-3H3,(H,17,18,19). The molecule has 3 heteroatoms. The molecular weight excluding hydrogens is 252 g/mol. The Kier molecular flexibility index (Phi) is 3.02. The Labute approximate surface area is 118 Å². The third-order valence-electron chi connectivity index (χ3n) is 4.01. The Bertz CT molecular complexity index is 696. The molecule has 0 amide bonds. The van der Waals surface area contributed by atoms with Gasteiger partial charge in [0.2, 0.25) is 0 Å². The Morgan fingerprint density at radius 2 is 1.89 bits per heavy atom. The lowest BCUT2D eigenvalue weighted by Gasteiger charge is -2.13. The number of nitrogens with zero attached hydrogens (tertiary/aromatic N) is 1. The summed E-state index contributed by atoms with van der Waals surface area (Å²) in [4.78, 5) is 8.05. The molecule has 19 heavy (non-hydrogen) atoms. The molecule has 3 rings (SSSR count). The molecule has 2 nitrogen and oxygen atoms in total. The summed E-state index contributed by atoms with van der Waals surface area (Å²) in [6.07, 6.45) is 2.46. The number of aromatic nitrogens is 2. The summed E-state index contributed by atoms with van der Waals surface area (Å²) in [7, 11) is 0. The summed E-state index contributed by atoms with van der Waals surface area (Å²) < 4.78 is 0.733. The molecule has 1 aromatic carbocycles. The van der Waals surface area contributed by atoms with E-state index >= 15 is 0 Å². The van der Waals surface area contributed by atoms with Crippen LogP contribution >= 0.6 is 12.2 Å². The molecule has 0 radical (unpaired) electrons. The van der Waals surface area contributed by atoms with Crippen LogP contribution in [0.2, 0.25) is 0 Å². The van der Waals surface area contributed by atoms with Crippen molar-refractivity contribution in [2.24, 2.45) is 0 Å². The van der Waals surface area contributed by atoms with E-state index in [0.29, 0.717) is 5.92 Å². The molecule has 1 fully saturated rings. The first-order valence-electron chi connectivity index (χ1n) is 6.75. The third kappa shape index (κ3) is 2.23. The van der Waals surface area contributed by atoms with Crippen LogP contribution in [0.1, 0.15) is 41.3 Å². The van der Waals surface area contributed by atoms with Crippen molar-refractivity contribution in [1.82, 2.24) is 9.97 Å². The maximum atomic E-state index is 5.42. The maximum Gasteiger partial charge on any atom is 0.133 e. The molecule has 0 bridgehead atoms. The highest BCUT2D eigenvalue weighted by Gasteiger charge is 2.26. The van der Waals surface area contributed by atoms with Gasteiger partial charge in [0.1, 0.15) is 10.5 Å². The predicted molar refractivity (Wildman–Crippen MR) is 81.0 cm³/mol. The molecule has 98 valence electrons. The van der Waals surface area contributed by atoms with Crippen LogP contribution < -0.4 is 0 Å². The normalized spacial score (nSPS) is 14.7. The van der Waals surface area contributed by atoms with Gasteiger partial charge in [-0.15, -0.1) is 0 Å². The van der Waals surface area contributed by atoms with E-state index in [1.807, 2.05) is 0 Å². The van der Waals surface area contributed by atoms with Gasteiger partial charge in [0.15, 0.2) is 0 Å². The fraction of sp³-hybridized carbons (Fsp3) is 0.375. The zero-order valence-electron chi connectivity index (χ0n) is 11.6. The molecule has 0 atom stereocenters. The van der Waals surface area contributed by atoms with Crippen molar-refractivity contribution in [1.29, 1.82) is 0 Å². The van der Waals surface area contributed by atoms with Gasteiger partial charge in [-0.1, -0.05) is 30.4 Å². The zero-order valence-corrected chi connectivity index (χ0v) is 12.4. The summed E-state index contributed by atoms with van der Waals surface area (Å²) in [5, 5.41) is 0. The van der Waals surface area contributed by atoms with Crippen molar-refractivity contribution in [2.45, 2.75) is 39.5 Å². The molecule has 2 aromatic rings. The predicted octanol–water partition coefficient (Wildman–Crippen LogP) is 4.61. The molecule has 0 saturated heterocycles. The third-order valence-corrected chi connectivity index (χ3v) is 4.41. The van der Waals surface area contributed by atoms with Gasteiger partial charge in [0.25, 0.3) is 0 Å². The topological polar surface area (TPSA) is 28.7 Å². The fourth-order valence-corrected chi connectivity index (χ4v) is 2.59. The minimum Gasteiger partial charge on any atom is -0.343 e. The van der Waals surface area contributed by atoms with Crippen molar-refractivity contribution in [3.05, 3.63) is 45.4 Å². The van der Waals surface area contributed by atoms with E-state index in [-0.39, 0.29) is 0 Å². The highest BCUT2D eigenvalue weighted by Crippen LogP contribution is 2.39. The van der Waals surface area contributed by atoms with Crippen LogP contribution in [0, 0.1) is 25.4 Å². The highest BCUT2D eigenvalue weighted by molar-refractivity contribution is 7.71. The first kappa shape index (κ1) is 12.5. The zero-order chi connectivity index (χ0) is 13.6. The summed E-state index contributed by atoms with van der Waals surface area (Å²) >= 11 is 5.42. The molecule has 0 unspecified atom stereocenters. The van der Waals surface area contributed by atoms with Gasteiger partial charge in [-0.25, -0.2) is 4.98 Å². The van der Waals surface area contributed by atoms with Gasteiger partial charge in [0, 0.05) is 17.0 Å². The second-order valence-electron chi connectivity index (χ2n) is 5.45. The van der Waals surface area contributed by atoms with E-state index in [1.54, 1.807) is 0 Å². The lowest BCUT2D eigenvalue weighted by Crippen LogP contribution is -2.00. The first-order chi connectivity index (χ1) is 9.08. The minimum absolute atomic E-state index is 0.589. The summed E-state index contributed by atoms with van der Waals surface area (Å²) in [6.45, 7) is 6.36. The van der Waals surface area contributed by atoms with Crippen LogP contribution in [-0.4, -0.2) is 9.97 Å². The van der Waals surface area contributed by atoms with Gasteiger partial charge < -0.3 is 4.98 Å². The van der Waals surface area contributed by atoms with Crippen molar-refractivity contribution >= 4 is 12.2 Å². The minimum atomic E-state index is 0.589. The molecule has 1 N–H and O–H groups in total. The van der Waals surface area contributed by atoms with Crippen LogP contribution in [0.5, 0.6) is 0 Å². The van der Waals surface area contributed by atoms with Crippen molar-refractivity contribution in [3.8, 4) is 11.3 Å². The number of benzene rings is 1. The van der Waals surface area contributed by atoms with Crippen LogP contribution in [0.3, 0.4) is 0 Å². The number of rotatable bonds is 2. The molecule has 0 aliphatic heterocycles. The molecule has 1 saturated carbocycles. The van der Waals surface area contributed by atoms with E-state index in [9.17, 15) is 0 Å². The lowest BCUT2D eigenvalue weighted by atomic mass is 9.98. The highest BCUT2D eigenvalue weighted by atomic mass is 32.1. The number of H-pyrrole nitrogens is 1. The summed E-state index contributed by atoms with van der Waals surface area (Å²) in [5.74, 6) is 1.65. The van der Waals surface area contributed by atoms with Crippen molar-refractivity contribution in [2.75, 3.05) is 0 Å². The number of aryl methyl sites for hydroxylation is 1. The van der Waals surface area contributed by atoms with E-state index in [2.05, 4.69) is 48.9 Å². The summed E-state index contributed by atoms with van der Waals surface area (Å²) in [6, 6.07) is 6.41. The Morgan fingerprint density at radius 1 is 1.16 bits per heavy atom. The number of aromatic amines is 1. The average Bonchev–Trinajstić information content (AvgIpc) is 3.20. The number of hydrogen-bond donors (Lipinski definition) is 1. The summed E-state index contributed by atoms with van der Waals surface area (Å²) in [5.41, 5.74) is 6.08. The molecule has 1 aliphatic rings. The van der Waals surface area contributed by atoms with Gasteiger partial charge >= 0.3 is 0 Å². The van der Waals surface area contributed by atoms with Crippen molar-refractivity contribution in [3.63, 3.8) is 0 Å². The van der Waals surface area contributed by atoms with E-state index in [4.69, 9.17) is 12.2 Å². The largest absolute Gasteiger partial charge is 0.343 e. The van der Waals surface area contributed by atoms with Crippen LogP contribution in [0.4, 0.5) is 0 Å². The van der Waals surface area contributed by atoms with E-state index < -0.39 is 0 Å². The van der Waals surface area contributed by atoms with Gasteiger partial charge in [-0.3, -0.25) is 0 Å². The molecule has 1 aromatic heterocycles. The van der Waals surface area contributed by atoms with E-state index in [1.165, 1.54) is 29.5 Å². The first-order valence-corrected chi connectivity index (χ1v) is 7.16. The van der Waals surface area contributed by atoms with Crippen LogP contribution in [0.15, 0.2) is 18.2 Å². The number of nitrogens with one attached hydrogen (secondary N) is 1. The second kappa shape index (κ2) is 4.57. The Hall–Kier alpha value is -1.48. The fourth-order valence-electron chi connectivity index (χ4n) is 2.39. The van der Waals surface area contributed by atoms with Gasteiger partial charge in [-0.05, 0) is 44.7 Å². The molecule has 1 aliphatic carbocycles. The average molecular weight is 270 g/mol. The molecule has 0 spiro atoms. The second-order valence-corrected chi connectivity index (χ2v) is 5.84. The van der Waals surface area contributed by atoms with Gasteiger partial charge in [0.05, 0.1) is 5.69 Å². The Balaban J connectivity index is 2.23. The molecular formula is C16H18N2S. The van der Waals surface area contributed by atoms with E-state index in [0.717, 1.165) is 21.7 Å². The SMILES string of the molecule is Cc1cccc(-c2[nH]c(C3CC3)nc(=S)c2C)c1C. The quantitative estimate of drug-likeness (QED) is 0.807. The number of hydrogen-bond acceptors (Lipinski definition) is 2. The monoisotopic (exact) mass is 270 g/mol. The lowest BCUT2D eigenvalue weighted by molar-refractivity contribution is 0.913.